The molecule has 1 fully saturated rings. The van der Waals surface area contributed by atoms with Crippen LogP contribution in [0.5, 0.6) is 0 Å². The summed E-state index contributed by atoms with van der Waals surface area (Å²) in [6.45, 7) is 6.60. The number of carbonyl (C=O) groups excluding carboxylic acids is 1. The average Bonchev–Trinajstić information content (AvgIpc) is 3.09. The van der Waals surface area contributed by atoms with Gasteiger partial charge in [0.2, 0.25) is 5.89 Å². The minimum absolute atomic E-state index is 0.0626. The number of hydrogen-bond acceptors (Lipinski definition) is 7. The molecule has 7 heteroatoms. The van der Waals surface area contributed by atoms with Gasteiger partial charge >= 0.3 is 5.97 Å². The van der Waals surface area contributed by atoms with Gasteiger partial charge in [0.1, 0.15) is 5.60 Å². The molecule has 0 aliphatic heterocycles. The summed E-state index contributed by atoms with van der Waals surface area (Å²) in [5, 5.41) is 15.9. The van der Waals surface area contributed by atoms with Crippen LogP contribution in [0.3, 0.4) is 0 Å². The largest absolute Gasteiger partial charge is 0.460 e. The molecule has 160 valence electrons. The molecule has 1 unspecified atom stereocenters. The normalized spacial score (nSPS) is 16.9. The number of nitrogens with zero attached hydrogens (tertiary/aromatic N) is 2. The number of esters is 1. The van der Waals surface area contributed by atoms with Crippen molar-refractivity contribution in [2.24, 2.45) is 5.92 Å². The second kappa shape index (κ2) is 11.5. The molecular formula is C21H37N3O4. The van der Waals surface area contributed by atoms with E-state index in [2.05, 4.69) is 15.5 Å². The molecular weight excluding hydrogens is 358 g/mol. The van der Waals surface area contributed by atoms with Gasteiger partial charge in [0.05, 0.1) is 19.6 Å². The van der Waals surface area contributed by atoms with Crippen LogP contribution in [0.25, 0.3) is 0 Å². The molecule has 1 aromatic rings. The lowest BCUT2D eigenvalue weighted by Crippen LogP contribution is -2.25. The van der Waals surface area contributed by atoms with Crippen molar-refractivity contribution in [3.8, 4) is 0 Å². The van der Waals surface area contributed by atoms with E-state index in [-0.39, 0.29) is 24.9 Å². The lowest BCUT2D eigenvalue weighted by atomic mass is 9.84. The average molecular weight is 396 g/mol. The van der Waals surface area contributed by atoms with Crippen molar-refractivity contribution in [2.45, 2.75) is 96.6 Å². The van der Waals surface area contributed by atoms with E-state index < -0.39 is 5.60 Å². The van der Waals surface area contributed by atoms with E-state index in [0.717, 1.165) is 18.8 Å². The van der Waals surface area contributed by atoms with Crippen molar-refractivity contribution >= 4 is 5.97 Å². The van der Waals surface area contributed by atoms with Crippen molar-refractivity contribution in [2.75, 3.05) is 13.2 Å². The minimum Gasteiger partial charge on any atom is -0.460 e. The smallest absolute Gasteiger partial charge is 0.307 e. The Morgan fingerprint density at radius 1 is 1.32 bits per heavy atom. The maximum atomic E-state index is 12.4. The van der Waals surface area contributed by atoms with Gasteiger partial charge in [-0.05, 0) is 33.1 Å². The second-order valence-electron chi connectivity index (χ2n) is 8.87. The molecule has 0 amide bonds. The van der Waals surface area contributed by atoms with Crippen molar-refractivity contribution < 1.29 is 19.2 Å². The fourth-order valence-corrected chi connectivity index (χ4v) is 3.81. The molecule has 7 nitrogen and oxygen atoms in total. The zero-order valence-corrected chi connectivity index (χ0v) is 17.7. The van der Waals surface area contributed by atoms with Gasteiger partial charge in [-0.25, -0.2) is 0 Å². The molecule has 1 aliphatic carbocycles. The first-order valence-electron chi connectivity index (χ1n) is 10.7. The number of nitrogens with one attached hydrogen (secondary N) is 1. The van der Waals surface area contributed by atoms with Crippen LogP contribution in [-0.4, -0.2) is 40.0 Å². The Kier molecular flexibility index (Phi) is 9.38. The summed E-state index contributed by atoms with van der Waals surface area (Å²) in [7, 11) is 0. The molecule has 0 spiro atoms. The van der Waals surface area contributed by atoms with E-state index in [1.165, 1.54) is 38.5 Å². The summed E-state index contributed by atoms with van der Waals surface area (Å²) >= 11 is 0. The number of aliphatic hydroxyl groups excluding tert-OH is 1. The van der Waals surface area contributed by atoms with E-state index in [1.807, 2.05) is 20.8 Å². The first kappa shape index (κ1) is 22.8. The van der Waals surface area contributed by atoms with Crippen LogP contribution in [-0.2, 0) is 16.1 Å². The Bertz CT molecular complexity index is 576. The number of rotatable bonds is 11. The van der Waals surface area contributed by atoms with Crippen molar-refractivity contribution in [3.63, 3.8) is 0 Å². The summed E-state index contributed by atoms with van der Waals surface area (Å²) in [6, 6.07) is 0. The molecule has 2 rings (SSSR count). The van der Waals surface area contributed by atoms with Gasteiger partial charge in [0.25, 0.3) is 0 Å². The van der Waals surface area contributed by atoms with E-state index in [1.54, 1.807) is 0 Å². The first-order valence-corrected chi connectivity index (χ1v) is 10.7. The topological polar surface area (TPSA) is 97.5 Å². The predicted octanol–water partition coefficient (Wildman–Crippen LogP) is 3.72. The third-order valence-corrected chi connectivity index (χ3v) is 5.13. The molecule has 1 heterocycles. The quantitative estimate of drug-likeness (QED) is 0.435. The Labute approximate surface area is 168 Å². The van der Waals surface area contributed by atoms with E-state index in [9.17, 15) is 4.79 Å². The molecule has 0 aromatic carbocycles. The second-order valence-corrected chi connectivity index (χ2v) is 8.87. The van der Waals surface area contributed by atoms with Crippen LogP contribution in [0, 0.1) is 5.92 Å². The zero-order valence-electron chi connectivity index (χ0n) is 17.7. The van der Waals surface area contributed by atoms with Crippen LogP contribution >= 0.6 is 0 Å². The van der Waals surface area contributed by atoms with Gasteiger partial charge in [0, 0.05) is 12.5 Å². The van der Waals surface area contributed by atoms with Crippen LogP contribution in [0.2, 0.25) is 0 Å². The summed E-state index contributed by atoms with van der Waals surface area (Å²) < 4.78 is 11.0. The standard InChI is InChI=1S/C21H37N3O4/c1-21(2,3)27-19(26)14-17(11-7-10-16-8-5-4-6-9-16)20-23-18(24-28-20)15-22-12-13-25/h16-17,22,25H,4-15H2,1-3H3. The van der Waals surface area contributed by atoms with E-state index >= 15 is 0 Å². The van der Waals surface area contributed by atoms with Gasteiger partial charge in [-0.15, -0.1) is 0 Å². The van der Waals surface area contributed by atoms with Gasteiger partial charge in [-0.1, -0.05) is 50.1 Å². The molecule has 0 saturated heterocycles. The van der Waals surface area contributed by atoms with Crippen LogP contribution in [0.4, 0.5) is 0 Å². The fraction of sp³-hybridized carbons (Fsp3) is 0.857. The number of hydrogen-bond donors (Lipinski definition) is 2. The van der Waals surface area contributed by atoms with Gasteiger partial charge in [0.15, 0.2) is 5.82 Å². The molecule has 28 heavy (non-hydrogen) atoms. The number of carbonyl (C=O) groups is 1. The Balaban J connectivity index is 1.93. The predicted molar refractivity (Wildman–Crippen MR) is 107 cm³/mol. The molecule has 0 bridgehead atoms. The monoisotopic (exact) mass is 395 g/mol. The number of ether oxygens (including phenoxy) is 1. The summed E-state index contributed by atoms with van der Waals surface area (Å²) in [6.07, 6.45) is 10.1. The van der Waals surface area contributed by atoms with Crippen LogP contribution in [0.15, 0.2) is 4.52 Å². The number of aromatic nitrogens is 2. The highest BCUT2D eigenvalue weighted by Gasteiger charge is 2.26. The lowest BCUT2D eigenvalue weighted by molar-refractivity contribution is -0.155. The van der Waals surface area contributed by atoms with E-state index in [4.69, 9.17) is 14.4 Å². The molecule has 1 aromatic heterocycles. The van der Waals surface area contributed by atoms with Crippen molar-refractivity contribution in [1.29, 1.82) is 0 Å². The van der Waals surface area contributed by atoms with Gasteiger partial charge < -0.3 is 19.7 Å². The fourth-order valence-electron chi connectivity index (χ4n) is 3.81. The third kappa shape index (κ3) is 8.69. The molecule has 1 aliphatic rings. The Hall–Kier alpha value is -1.47. The van der Waals surface area contributed by atoms with E-state index in [0.29, 0.717) is 24.8 Å². The maximum Gasteiger partial charge on any atom is 0.307 e. The summed E-state index contributed by atoms with van der Waals surface area (Å²) in [5.41, 5.74) is -0.502. The minimum atomic E-state index is -0.502. The van der Waals surface area contributed by atoms with Crippen molar-refractivity contribution in [1.82, 2.24) is 15.5 Å². The van der Waals surface area contributed by atoms with Gasteiger partial charge in [-0.2, -0.15) is 4.98 Å². The van der Waals surface area contributed by atoms with Crippen LogP contribution < -0.4 is 5.32 Å². The zero-order chi connectivity index (χ0) is 20.4. The summed E-state index contributed by atoms with van der Waals surface area (Å²) in [4.78, 5) is 16.8. The summed E-state index contributed by atoms with van der Waals surface area (Å²) in [5.74, 6) is 1.53. The molecule has 2 N–H and O–H groups in total. The Morgan fingerprint density at radius 2 is 2.07 bits per heavy atom. The maximum absolute atomic E-state index is 12.4. The molecule has 1 atom stereocenters. The van der Waals surface area contributed by atoms with Crippen molar-refractivity contribution in [3.05, 3.63) is 11.7 Å². The molecule has 1 saturated carbocycles. The highest BCUT2D eigenvalue weighted by atomic mass is 16.6. The highest BCUT2D eigenvalue weighted by Crippen LogP contribution is 2.31. The molecule has 0 radical (unpaired) electrons. The van der Waals surface area contributed by atoms with Gasteiger partial charge in [-0.3, -0.25) is 4.79 Å². The SMILES string of the molecule is CC(C)(C)OC(=O)CC(CCCC1CCCCC1)c1nc(CNCCO)no1. The van der Waals surface area contributed by atoms with Crippen LogP contribution in [0.1, 0.15) is 96.2 Å². The lowest BCUT2D eigenvalue weighted by Gasteiger charge is -2.23. The Morgan fingerprint density at radius 3 is 2.75 bits per heavy atom. The first-order chi connectivity index (χ1) is 13.4. The number of aliphatic hydroxyl groups is 1. The highest BCUT2D eigenvalue weighted by molar-refractivity contribution is 5.70. The third-order valence-electron chi connectivity index (χ3n) is 5.13.